The van der Waals surface area contributed by atoms with Crippen molar-refractivity contribution in [3.8, 4) is 5.82 Å². The highest BCUT2D eigenvalue weighted by Gasteiger charge is 2.05. The minimum absolute atomic E-state index is 0.512. The normalized spacial score (nSPS) is 10.6. The van der Waals surface area contributed by atoms with Crippen LogP contribution in [0.4, 0.5) is 0 Å². The molecule has 0 aliphatic carbocycles. The summed E-state index contributed by atoms with van der Waals surface area (Å²) in [5.74, 6) is 0.831. The van der Waals surface area contributed by atoms with Gasteiger partial charge in [0.2, 0.25) is 0 Å². The maximum atomic E-state index is 5.60. The summed E-state index contributed by atoms with van der Waals surface area (Å²) < 4.78 is 1.77. The third-order valence-corrected chi connectivity index (χ3v) is 2.36. The van der Waals surface area contributed by atoms with Crippen molar-refractivity contribution in [1.82, 2.24) is 14.8 Å². The summed E-state index contributed by atoms with van der Waals surface area (Å²) in [5.41, 5.74) is 8.78. The van der Waals surface area contributed by atoms with Crippen LogP contribution in [0.1, 0.15) is 16.8 Å². The van der Waals surface area contributed by atoms with Gasteiger partial charge in [0.1, 0.15) is 0 Å². The van der Waals surface area contributed by atoms with E-state index in [9.17, 15) is 0 Å². The minimum Gasteiger partial charge on any atom is -0.326 e. The van der Waals surface area contributed by atoms with E-state index in [0.29, 0.717) is 6.54 Å². The lowest BCUT2D eigenvalue weighted by atomic mass is 10.3. The highest BCUT2D eigenvalue weighted by atomic mass is 15.3. The fraction of sp³-hybridized carbons (Fsp3) is 0.273. The molecule has 0 aromatic carbocycles. The van der Waals surface area contributed by atoms with Crippen LogP contribution in [0.3, 0.4) is 0 Å². The summed E-state index contributed by atoms with van der Waals surface area (Å²) in [6.45, 7) is 4.50. The lowest BCUT2D eigenvalue weighted by Gasteiger charge is -2.00. The zero-order chi connectivity index (χ0) is 10.8. The van der Waals surface area contributed by atoms with E-state index in [1.165, 1.54) is 5.56 Å². The van der Waals surface area contributed by atoms with Crippen LogP contribution in [0.25, 0.3) is 5.82 Å². The number of pyridine rings is 1. The molecule has 0 amide bonds. The van der Waals surface area contributed by atoms with Crippen LogP contribution >= 0.6 is 0 Å². The minimum atomic E-state index is 0.512. The van der Waals surface area contributed by atoms with Crippen molar-refractivity contribution in [2.75, 3.05) is 0 Å². The topological polar surface area (TPSA) is 56.7 Å². The first-order valence-corrected chi connectivity index (χ1v) is 4.89. The second-order valence-electron chi connectivity index (χ2n) is 3.58. The molecule has 2 rings (SSSR count). The molecule has 4 heteroatoms. The Morgan fingerprint density at radius 2 is 2.20 bits per heavy atom. The monoisotopic (exact) mass is 202 g/mol. The van der Waals surface area contributed by atoms with Crippen LogP contribution < -0.4 is 5.73 Å². The second kappa shape index (κ2) is 3.82. The number of aromatic nitrogens is 3. The van der Waals surface area contributed by atoms with E-state index < -0.39 is 0 Å². The number of hydrogen-bond acceptors (Lipinski definition) is 3. The van der Waals surface area contributed by atoms with E-state index in [1.54, 1.807) is 10.9 Å². The third-order valence-electron chi connectivity index (χ3n) is 2.36. The van der Waals surface area contributed by atoms with Gasteiger partial charge in [-0.15, -0.1) is 0 Å². The van der Waals surface area contributed by atoms with Crippen molar-refractivity contribution in [3.05, 3.63) is 41.3 Å². The SMILES string of the molecule is Cc1ccnc(-n2cc(CN)c(C)n2)c1. The number of rotatable bonds is 2. The summed E-state index contributed by atoms with van der Waals surface area (Å²) in [5, 5.41) is 4.37. The van der Waals surface area contributed by atoms with Gasteiger partial charge in [-0.2, -0.15) is 5.10 Å². The van der Waals surface area contributed by atoms with Crippen molar-refractivity contribution in [1.29, 1.82) is 0 Å². The van der Waals surface area contributed by atoms with Crippen LogP contribution in [-0.4, -0.2) is 14.8 Å². The average molecular weight is 202 g/mol. The predicted octanol–water partition coefficient (Wildman–Crippen LogP) is 1.34. The second-order valence-corrected chi connectivity index (χ2v) is 3.58. The van der Waals surface area contributed by atoms with Gasteiger partial charge < -0.3 is 5.73 Å². The van der Waals surface area contributed by atoms with Gasteiger partial charge in [-0.3, -0.25) is 0 Å². The fourth-order valence-electron chi connectivity index (χ4n) is 1.46. The van der Waals surface area contributed by atoms with Crippen molar-refractivity contribution < 1.29 is 0 Å². The molecule has 0 unspecified atom stereocenters. The van der Waals surface area contributed by atoms with Crippen LogP contribution in [-0.2, 0) is 6.54 Å². The molecule has 0 atom stereocenters. The molecule has 0 radical (unpaired) electrons. The van der Waals surface area contributed by atoms with Gasteiger partial charge in [0, 0.05) is 24.5 Å². The maximum Gasteiger partial charge on any atom is 0.153 e. The molecule has 78 valence electrons. The van der Waals surface area contributed by atoms with Crippen LogP contribution in [0.15, 0.2) is 24.5 Å². The standard InChI is InChI=1S/C11H14N4/c1-8-3-4-13-11(5-8)15-7-10(6-12)9(2)14-15/h3-5,7H,6,12H2,1-2H3. The molecule has 0 saturated carbocycles. The molecular formula is C11H14N4. The summed E-state index contributed by atoms with van der Waals surface area (Å²) in [6.07, 6.45) is 3.71. The first kappa shape index (κ1) is 9.86. The number of hydrogen-bond donors (Lipinski definition) is 1. The number of aryl methyl sites for hydroxylation is 2. The summed E-state index contributed by atoms with van der Waals surface area (Å²) >= 11 is 0. The molecule has 0 bridgehead atoms. The summed E-state index contributed by atoms with van der Waals surface area (Å²) in [4.78, 5) is 4.26. The molecular weight excluding hydrogens is 188 g/mol. The molecule has 0 saturated heterocycles. The van der Waals surface area contributed by atoms with E-state index in [-0.39, 0.29) is 0 Å². The number of nitrogens with zero attached hydrogens (tertiary/aromatic N) is 3. The Kier molecular flexibility index (Phi) is 2.51. The highest BCUT2D eigenvalue weighted by molar-refractivity contribution is 5.28. The molecule has 0 spiro atoms. The Morgan fingerprint density at radius 1 is 1.40 bits per heavy atom. The molecule has 0 aliphatic heterocycles. The van der Waals surface area contributed by atoms with E-state index in [2.05, 4.69) is 10.1 Å². The Labute approximate surface area is 88.8 Å². The molecule has 0 aliphatic rings. The van der Waals surface area contributed by atoms with E-state index in [4.69, 9.17) is 5.73 Å². The molecule has 2 N–H and O–H groups in total. The maximum absolute atomic E-state index is 5.60. The van der Waals surface area contributed by atoms with Gasteiger partial charge in [0.25, 0.3) is 0 Å². The van der Waals surface area contributed by atoms with Crippen LogP contribution in [0, 0.1) is 13.8 Å². The lowest BCUT2D eigenvalue weighted by Crippen LogP contribution is -1.98. The van der Waals surface area contributed by atoms with Gasteiger partial charge in [0.05, 0.1) is 5.69 Å². The fourth-order valence-corrected chi connectivity index (χ4v) is 1.46. The van der Waals surface area contributed by atoms with Crippen molar-refractivity contribution in [3.63, 3.8) is 0 Å². The van der Waals surface area contributed by atoms with Crippen LogP contribution in [0.2, 0.25) is 0 Å². The van der Waals surface area contributed by atoms with E-state index in [1.807, 2.05) is 32.2 Å². The number of nitrogens with two attached hydrogens (primary N) is 1. The zero-order valence-corrected chi connectivity index (χ0v) is 8.94. The predicted molar refractivity (Wildman–Crippen MR) is 58.7 cm³/mol. The third kappa shape index (κ3) is 1.89. The molecule has 2 heterocycles. The Bertz CT molecular complexity index is 473. The first-order chi connectivity index (χ1) is 7.20. The molecule has 4 nitrogen and oxygen atoms in total. The summed E-state index contributed by atoms with van der Waals surface area (Å²) in [7, 11) is 0. The molecule has 2 aromatic rings. The van der Waals surface area contributed by atoms with Gasteiger partial charge >= 0.3 is 0 Å². The van der Waals surface area contributed by atoms with Crippen LogP contribution in [0.5, 0.6) is 0 Å². The van der Waals surface area contributed by atoms with Crippen molar-refractivity contribution in [2.24, 2.45) is 5.73 Å². The van der Waals surface area contributed by atoms with E-state index in [0.717, 1.165) is 17.1 Å². The largest absolute Gasteiger partial charge is 0.326 e. The lowest BCUT2D eigenvalue weighted by molar-refractivity contribution is 0.831. The van der Waals surface area contributed by atoms with Gasteiger partial charge in [-0.1, -0.05) is 0 Å². The van der Waals surface area contributed by atoms with Gasteiger partial charge in [-0.05, 0) is 31.5 Å². The van der Waals surface area contributed by atoms with Crippen molar-refractivity contribution >= 4 is 0 Å². The quantitative estimate of drug-likeness (QED) is 0.799. The molecule has 0 fully saturated rings. The Hall–Kier alpha value is -1.68. The van der Waals surface area contributed by atoms with Crippen molar-refractivity contribution in [2.45, 2.75) is 20.4 Å². The van der Waals surface area contributed by atoms with E-state index >= 15 is 0 Å². The first-order valence-electron chi connectivity index (χ1n) is 4.89. The molecule has 2 aromatic heterocycles. The van der Waals surface area contributed by atoms with Gasteiger partial charge in [0.15, 0.2) is 5.82 Å². The average Bonchev–Trinajstić information content (AvgIpc) is 2.60. The highest BCUT2D eigenvalue weighted by Crippen LogP contribution is 2.10. The zero-order valence-electron chi connectivity index (χ0n) is 8.94. The summed E-state index contributed by atoms with van der Waals surface area (Å²) in [6, 6.07) is 3.95. The Balaban J connectivity index is 2.45. The van der Waals surface area contributed by atoms with Gasteiger partial charge in [-0.25, -0.2) is 9.67 Å². The molecule has 15 heavy (non-hydrogen) atoms. The smallest absolute Gasteiger partial charge is 0.153 e. The Morgan fingerprint density at radius 3 is 2.80 bits per heavy atom.